The number of halogens is 2. The molecule has 0 spiro atoms. The highest BCUT2D eigenvalue weighted by atomic mass is 35.5. The number of benzene rings is 1. The molecule has 1 N–H and O–H groups in total. The van der Waals surface area contributed by atoms with Gasteiger partial charge in [-0.1, -0.05) is 41.0 Å². The van der Waals surface area contributed by atoms with Crippen LogP contribution in [0.1, 0.15) is 5.56 Å². The van der Waals surface area contributed by atoms with Crippen molar-refractivity contribution in [2.75, 3.05) is 11.1 Å². The van der Waals surface area contributed by atoms with Crippen LogP contribution in [0, 0.1) is 6.92 Å². The van der Waals surface area contributed by atoms with Crippen LogP contribution in [-0.4, -0.2) is 26.4 Å². The number of aryl methyl sites for hydroxylation is 2. The van der Waals surface area contributed by atoms with Crippen molar-refractivity contribution >= 4 is 46.6 Å². The number of aromatic nitrogens is 3. The molecule has 20 heavy (non-hydrogen) atoms. The lowest BCUT2D eigenvalue weighted by molar-refractivity contribution is -0.113. The summed E-state index contributed by atoms with van der Waals surface area (Å²) >= 11 is 13.5. The maximum absolute atomic E-state index is 11.9. The van der Waals surface area contributed by atoms with E-state index in [2.05, 4.69) is 15.5 Å². The number of hydrogen-bond donors (Lipinski definition) is 1. The van der Waals surface area contributed by atoms with Crippen LogP contribution in [0.2, 0.25) is 10.0 Å². The Kier molecular flexibility index (Phi) is 4.91. The van der Waals surface area contributed by atoms with E-state index in [-0.39, 0.29) is 11.7 Å². The monoisotopic (exact) mass is 330 g/mol. The molecular weight excluding hydrogens is 319 g/mol. The van der Waals surface area contributed by atoms with Crippen LogP contribution in [0.5, 0.6) is 0 Å². The molecule has 8 heteroatoms. The Hall–Kier alpha value is -1.24. The molecule has 106 valence electrons. The topological polar surface area (TPSA) is 59.8 Å². The highest BCUT2D eigenvalue weighted by Crippen LogP contribution is 2.33. The third kappa shape index (κ3) is 3.45. The first-order valence-corrected chi connectivity index (χ1v) is 7.44. The normalized spacial score (nSPS) is 10.6. The molecule has 0 atom stereocenters. The predicted molar refractivity (Wildman–Crippen MR) is 81.6 cm³/mol. The predicted octanol–water partition coefficient (Wildman–Crippen LogP) is 3.16. The third-order valence-corrected chi connectivity index (χ3v) is 4.39. The fourth-order valence-electron chi connectivity index (χ4n) is 1.48. The Balaban J connectivity index is 2.02. The summed E-state index contributed by atoms with van der Waals surface area (Å²) in [6.07, 6.45) is 1.58. The Morgan fingerprint density at radius 3 is 2.85 bits per heavy atom. The van der Waals surface area contributed by atoms with E-state index in [4.69, 9.17) is 23.2 Å². The van der Waals surface area contributed by atoms with Gasteiger partial charge in [-0.3, -0.25) is 4.79 Å². The van der Waals surface area contributed by atoms with E-state index >= 15 is 0 Å². The largest absolute Gasteiger partial charge is 0.323 e. The molecular formula is C12H12Cl2N4OS. The number of nitrogens with zero attached hydrogens (tertiary/aromatic N) is 3. The van der Waals surface area contributed by atoms with Crippen molar-refractivity contribution in [3.05, 3.63) is 34.1 Å². The zero-order chi connectivity index (χ0) is 14.7. The fourth-order valence-corrected chi connectivity index (χ4v) is 2.63. The average Bonchev–Trinajstić information content (AvgIpc) is 2.82. The van der Waals surface area contributed by atoms with Gasteiger partial charge in [-0.05, 0) is 18.6 Å². The zero-order valence-corrected chi connectivity index (χ0v) is 13.2. The summed E-state index contributed by atoms with van der Waals surface area (Å²) in [4.78, 5) is 11.9. The number of rotatable bonds is 4. The van der Waals surface area contributed by atoms with Crippen LogP contribution >= 0.6 is 35.0 Å². The smallest absolute Gasteiger partial charge is 0.234 e. The molecule has 1 heterocycles. The van der Waals surface area contributed by atoms with Crippen molar-refractivity contribution < 1.29 is 4.79 Å². The molecule has 1 amide bonds. The highest BCUT2D eigenvalue weighted by Gasteiger charge is 2.13. The average molecular weight is 331 g/mol. The van der Waals surface area contributed by atoms with Gasteiger partial charge in [0.05, 0.1) is 21.5 Å². The number of carbonyl (C=O) groups excluding carboxylic acids is 1. The lowest BCUT2D eigenvalue weighted by atomic mass is 10.2. The molecule has 2 aromatic rings. The van der Waals surface area contributed by atoms with Gasteiger partial charge in [-0.25, -0.2) is 0 Å². The molecule has 5 nitrogen and oxygen atoms in total. The summed E-state index contributed by atoms with van der Waals surface area (Å²) in [5.41, 5.74) is 1.30. The van der Waals surface area contributed by atoms with Gasteiger partial charge in [0.25, 0.3) is 0 Å². The maximum atomic E-state index is 11.9. The van der Waals surface area contributed by atoms with E-state index in [0.717, 1.165) is 5.56 Å². The molecule has 2 rings (SSSR count). The quantitative estimate of drug-likeness (QED) is 0.875. The molecule has 0 unspecified atom stereocenters. The van der Waals surface area contributed by atoms with E-state index in [1.807, 2.05) is 14.0 Å². The first-order valence-electron chi connectivity index (χ1n) is 5.70. The van der Waals surface area contributed by atoms with Crippen molar-refractivity contribution in [1.82, 2.24) is 14.8 Å². The van der Waals surface area contributed by atoms with Gasteiger partial charge in [0.15, 0.2) is 5.16 Å². The van der Waals surface area contributed by atoms with E-state index in [9.17, 15) is 4.79 Å². The third-order valence-electron chi connectivity index (χ3n) is 2.55. The molecule has 0 bridgehead atoms. The minimum absolute atomic E-state index is 0.201. The van der Waals surface area contributed by atoms with E-state index in [1.165, 1.54) is 11.8 Å². The maximum Gasteiger partial charge on any atom is 0.234 e. The van der Waals surface area contributed by atoms with Gasteiger partial charge >= 0.3 is 0 Å². The summed E-state index contributed by atoms with van der Waals surface area (Å²) in [7, 11) is 1.81. The molecule has 0 aliphatic carbocycles. The first-order chi connectivity index (χ1) is 9.49. The van der Waals surface area contributed by atoms with Crippen molar-refractivity contribution in [2.24, 2.45) is 7.05 Å². The van der Waals surface area contributed by atoms with Crippen molar-refractivity contribution in [1.29, 1.82) is 0 Å². The molecule has 0 aliphatic heterocycles. The van der Waals surface area contributed by atoms with Gasteiger partial charge in [-0.2, -0.15) is 0 Å². The molecule has 0 saturated heterocycles. The van der Waals surface area contributed by atoms with Crippen LogP contribution in [0.4, 0.5) is 5.69 Å². The lowest BCUT2D eigenvalue weighted by Gasteiger charge is -2.10. The number of hydrogen-bond acceptors (Lipinski definition) is 4. The number of amides is 1. The summed E-state index contributed by atoms with van der Waals surface area (Å²) in [5, 5.41) is 11.9. The van der Waals surface area contributed by atoms with Crippen molar-refractivity contribution in [3.8, 4) is 0 Å². The Labute approximate surface area is 130 Å². The first kappa shape index (κ1) is 15.2. The van der Waals surface area contributed by atoms with Crippen LogP contribution < -0.4 is 5.32 Å². The van der Waals surface area contributed by atoms with Gasteiger partial charge in [0.1, 0.15) is 6.33 Å². The second kappa shape index (κ2) is 6.47. The summed E-state index contributed by atoms with van der Waals surface area (Å²) < 4.78 is 1.74. The van der Waals surface area contributed by atoms with Crippen LogP contribution in [0.25, 0.3) is 0 Å². The summed E-state index contributed by atoms with van der Waals surface area (Å²) in [6.45, 7) is 1.85. The van der Waals surface area contributed by atoms with Crippen LogP contribution in [0.15, 0.2) is 23.6 Å². The summed E-state index contributed by atoms with van der Waals surface area (Å²) in [5.74, 6) is 0.0000394. The van der Waals surface area contributed by atoms with Crippen LogP contribution in [-0.2, 0) is 11.8 Å². The molecule has 1 aromatic carbocycles. The molecule has 0 fully saturated rings. The van der Waals surface area contributed by atoms with Gasteiger partial charge in [0.2, 0.25) is 5.91 Å². The van der Waals surface area contributed by atoms with Crippen molar-refractivity contribution in [2.45, 2.75) is 12.1 Å². The highest BCUT2D eigenvalue weighted by molar-refractivity contribution is 7.99. The lowest BCUT2D eigenvalue weighted by Crippen LogP contribution is -2.15. The SMILES string of the molecule is Cc1ccc(Cl)c(NC(=O)CSc2nncn2C)c1Cl. The second-order valence-corrected chi connectivity index (χ2v) is 5.84. The van der Waals surface area contributed by atoms with Gasteiger partial charge < -0.3 is 9.88 Å². The number of carbonyl (C=O) groups is 1. The van der Waals surface area contributed by atoms with E-state index in [0.29, 0.717) is 20.9 Å². The van der Waals surface area contributed by atoms with Crippen LogP contribution in [0.3, 0.4) is 0 Å². The Morgan fingerprint density at radius 2 is 2.20 bits per heavy atom. The van der Waals surface area contributed by atoms with E-state index in [1.54, 1.807) is 23.0 Å². The number of thioether (sulfide) groups is 1. The van der Waals surface area contributed by atoms with E-state index < -0.39 is 0 Å². The molecule has 0 aliphatic rings. The second-order valence-electron chi connectivity index (χ2n) is 4.11. The zero-order valence-electron chi connectivity index (χ0n) is 10.9. The Bertz CT molecular complexity index is 644. The number of nitrogens with one attached hydrogen (secondary N) is 1. The molecule has 1 aromatic heterocycles. The Morgan fingerprint density at radius 1 is 1.45 bits per heavy atom. The van der Waals surface area contributed by atoms with Crippen molar-refractivity contribution in [3.63, 3.8) is 0 Å². The molecule has 0 radical (unpaired) electrons. The van der Waals surface area contributed by atoms with Gasteiger partial charge in [-0.15, -0.1) is 10.2 Å². The number of anilines is 1. The minimum atomic E-state index is -0.201. The molecule has 0 saturated carbocycles. The minimum Gasteiger partial charge on any atom is -0.323 e. The van der Waals surface area contributed by atoms with Gasteiger partial charge in [0, 0.05) is 7.05 Å². The standard InChI is InChI=1S/C12H12Cl2N4OS/c1-7-3-4-8(13)11(10(7)14)16-9(19)5-20-12-17-15-6-18(12)2/h3-4,6H,5H2,1-2H3,(H,16,19). The summed E-state index contributed by atoms with van der Waals surface area (Å²) in [6, 6.07) is 3.50. The fraction of sp³-hybridized carbons (Fsp3) is 0.250.